The summed E-state index contributed by atoms with van der Waals surface area (Å²) in [5.41, 5.74) is -1.30. The summed E-state index contributed by atoms with van der Waals surface area (Å²) in [5, 5.41) is 2.89. The molecule has 1 N–H and O–H groups in total. The summed E-state index contributed by atoms with van der Waals surface area (Å²) < 4.78 is 17.8. The molecule has 8 heteroatoms. The van der Waals surface area contributed by atoms with E-state index in [1.807, 2.05) is 6.92 Å². The van der Waals surface area contributed by atoms with Crippen LogP contribution >= 0.6 is 0 Å². The summed E-state index contributed by atoms with van der Waals surface area (Å²) in [6.07, 6.45) is 6.77. The van der Waals surface area contributed by atoms with Crippen molar-refractivity contribution in [3.8, 4) is 5.88 Å². The lowest BCUT2D eigenvalue weighted by Crippen LogP contribution is -2.58. The van der Waals surface area contributed by atoms with Gasteiger partial charge in [-0.1, -0.05) is 13.3 Å². The molecule has 0 aromatic carbocycles. The van der Waals surface area contributed by atoms with Gasteiger partial charge in [0.25, 0.3) is 5.56 Å². The number of carbonyl (C=O) groups excluding carboxylic acids is 1. The van der Waals surface area contributed by atoms with Crippen molar-refractivity contribution < 1.29 is 19.0 Å². The van der Waals surface area contributed by atoms with Crippen LogP contribution in [0.4, 0.5) is 0 Å². The molecular weight excluding hydrogens is 338 g/mol. The molecule has 1 amide bonds. The lowest BCUT2D eigenvalue weighted by Gasteiger charge is -2.40. The smallest absolute Gasteiger partial charge is 0.265 e. The van der Waals surface area contributed by atoms with Crippen LogP contribution in [0.1, 0.15) is 50.5 Å². The van der Waals surface area contributed by atoms with Gasteiger partial charge in [0.05, 0.1) is 13.4 Å². The molecule has 0 aliphatic carbocycles. The van der Waals surface area contributed by atoms with Crippen molar-refractivity contribution in [3.63, 3.8) is 0 Å². The number of fused-ring (bicyclic) bond motifs is 2. The number of unbranched alkanes of at least 4 members (excludes halogenated alkanes) is 1. The highest BCUT2D eigenvalue weighted by Crippen LogP contribution is 2.34. The van der Waals surface area contributed by atoms with Gasteiger partial charge >= 0.3 is 0 Å². The van der Waals surface area contributed by atoms with Gasteiger partial charge in [-0.2, -0.15) is 4.98 Å². The van der Waals surface area contributed by atoms with Gasteiger partial charge in [-0.3, -0.25) is 14.2 Å². The average molecular weight is 361 g/mol. The quantitative estimate of drug-likeness (QED) is 0.860. The molecule has 0 fully saturated rings. The van der Waals surface area contributed by atoms with Crippen molar-refractivity contribution in [1.29, 1.82) is 0 Å². The number of ether oxygens (including phenoxy) is 3. The number of rotatable bonds is 5. The molecule has 0 saturated carbocycles. The first-order valence-electron chi connectivity index (χ1n) is 8.60. The normalized spacial score (nSPS) is 23.9. The number of amides is 1. The third-order valence-corrected chi connectivity index (χ3v) is 4.73. The van der Waals surface area contributed by atoms with Crippen LogP contribution in [-0.2, 0) is 20.0 Å². The first kappa shape index (κ1) is 18.2. The molecule has 0 bridgehead atoms. The first-order valence-corrected chi connectivity index (χ1v) is 8.60. The van der Waals surface area contributed by atoms with Crippen LogP contribution in [0.5, 0.6) is 5.88 Å². The summed E-state index contributed by atoms with van der Waals surface area (Å²) in [4.78, 5) is 30.3. The lowest BCUT2D eigenvalue weighted by molar-refractivity contribution is -0.143. The summed E-state index contributed by atoms with van der Waals surface area (Å²) in [6, 6.07) is -0.712. The van der Waals surface area contributed by atoms with E-state index >= 15 is 0 Å². The predicted molar refractivity (Wildman–Crippen MR) is 94.3 cm³/mol. The fourth-order valence-electron chi connectivity index (χ4n) is 3.19. The van der Waals surface area contributed by atoms with Crippen molar-refractivity contribution in [3.05, 3.63) is 39.8 Å². The number of carbonyl (C=O) groups is 1. The Morgan fingerprint density at radius 2 is 2.15 bits per heavy atom. The molecule has 2 aliphatic heterocycles. The van der Waals surface area contributed by atoms with E-state index in [1.54, 1.807) is 19.1 Å². The molecule has 2 aliphatic rings. The highest BCUT2D eigenvalue weighted by molar-refractivity contribution is 5.82. The Labute approximate surface area is 151 Å². The third-order valence-electron chi connectivity index (χ3n) is 4.73. The molecule has 1 aromatic rings. The second kappa shape index (κ2) is 6.95. The maximum Gasteiger partial charge on any atom is 0.265 e. The van der Waals surface area contributed by atoms with Gasteiger partial charge in [0, 0.05) is 19.6 Å². The fourth-order valence-corrected chi connectivity index (χ4v) is 3.19. The molecule has 0 spiro atoms. The van der Waals surface area contributed by atoms with Gasteiger partial charge in [0.1, 0.15) is 17.4 Å². The Balaban J connectivity index is 2.27. The number of allylic oxidation sites excluding steroid dienone is 1. The minimum atomic E-state index is -1.17. The number of hydrogen-bond acceptors (Lipinski definition) is 6. The third kappa shape index (κ3) is 2.80. The highest BCUT2D eigenvalue weighted by Gasteiger charge is 2.45. The summed E-state index contributed by atoms with van der Waals surface area (Å²) >= 11 is 0. The van der Waals surface area contributed by atoms with E-state index in [-0.39, 0.29) is 22.9 Å². The van der Waals surface area contributed by atoms with Gasteiger partial charge in [-0.05, 0) is 19.4 Å². The zero-order valence-corrected chi connectivity index (χ0v) is 15.4. The number of hydrogen-bond donors (Lipinski definition) is 1. The predicted octanol–water partition coefficient (Wildman–Crippen LogP) is 1.82. The number of nitrogens with zero attached hydrogens (tertiary/aromatic N) is 2. The van der Waals surface area contributed by atoms with Crippen LogP contribution in [0.2, 0.25) is 0 Å². The highest BCUT2D eigenvalue weighted by atomic mass is 16.5. The standard InChI is InChI=1S/C18H23N3O5/c1-5-6-8-18(25-4)17-19-15-13(10-12(24-3)7-9-26-15)16(23)21(17)11(2)14(22)20-18/h7,9-11H,5-6,8H2,1-4H3,(H,20,22)/t11-,18-/m1/s1. The van der Waals surface area contributed by atoms with Crippen LogP contribution in [0.3, 0.4) is 0 Å². The average Bonchev–Trinajstić information content (AvgIpc) is 2.86. The molecule has 0 radical (unpaired) electrons. The molecular formula is C18H23N3O5. The van der Waals surface area contributed by atoms with Gasteiger partial charge in [-0.15, -0.1) is 0 Å². The number of aromatic nitrogens is 2. The van der Waals surface area contributed by atoms with Crippen molar-refractivity contribution in [1.82, 2.24) is 14.9 Å². The maximum absolute atomic E-state index is 13.2. The van der Waals surface area contributed by atoms with Crippen LogP contribution in [0.15, 0.2) is 22.9 Å². The molecule has 0 unspecified atom stereocenters. The summed E-state index contributed by atoms with van der Waals surface area (Å²) in [6.45, 7) is 3.70. The van der Waals surface area contributed by atoms with Crippen LogP contribution < -0.4 is 15.6 Å². The van der Waals surface area contributed by atoms with Crippen LogP contribution in [0.25, 0.3) is 6.08 Å². The van der Waals surface area contributed by atoms with E-state index in [1.165, 1.54) is 25.0 Å². The van der Waals surface area contributed by atoms with Crippen molar-refractivity contribution in [2.24, 2.45) is 0 Å². The van der Waals surface area contributed by atoms with Gasteiger partial charge < -0.3 is 19.5 Å². The van der Waals surface area contributed by atoms with Gasteiger partial charge in [0.2, 0.25) is 11.8 Å². The minimum absolute atomic E-state index is 0.158. The zero-order valence-electron chi connectivity index (χ0n) is 15.4. The fraction of sp³-hybridized carbons (Fsp3) is 0.500. The van der Waals surface area contributed by atoms with E-state index < -0.39 is 11.8 Å². The van der Waals surface area contributed by atoms with E-state index in [2.05, 4.69) is 10.3 Å². The largest absolute Gasteiger partial charge is 0.497 e. The maximum atomic E-state index is 13.2. The topological polar surface area (TPSA) is 91.7 Å². The Bertz CT molecular complexity index is 842. The van der Waals surface area contributed by atoms with Crippen LogP contribution in [0, 0.1) is 0 Å². The monoisotopic (exact) mass is 361 g/mol. The Morgan fingerprint density at radius 3 is 2.81 bits per heavy atom. The van der Waals surface area contributed by atoms with Crippen molar-refractivity contribution in [2.75, 3.05) is 14.2 Å². The molecule has 26 heavy (non-hydrogen) atoms. The van der Waals surface area contributed by atoms with Gasteiger partial charge in [0.15, 0.2) is 11.5 Å². The van der Waals surface area contributed by atoms with E-state index in [9.17, 15) is 9.59 Å². The Hall–Kier alpha value is -2.61. The molecule has 2 atom stereocenters. The zero-order chi connectivity index (χ0) is 18.9. The first-order chi connectivity index (χ1) is 12.5. The van der Waals surface area contributed by atoms with Gasteiger partial charge in [-0.25, -0.2) is 0 Å². The summed E-state index contributed by atoms with van der Waals surface area (Å²) in [5.74, 6) is 0.667. The van der Waals surface area contributed by atoms with Crippen LogP contribution in [-0.4, -0.2) is 29.7 Å². The molecule has 3 rings (SSSR count). The molecule has 3 heterocycles. The van der Waals surface area contributed by atoms with Crippen molar-refractivity contribution >= 4 is 12.0 Å². The Kier molecular flexibility index (Phi) is 4.86. The minimum Gasteiger partial charge on any atom is -0.497 e. The molecule has 8 nitrogen and oxygen atoms in total. The second-order valence-corrected chi connectivity index (χ2v) is 6.30. The molecule has 0 saturated heterocycles. The summed E-state index contributed by atoms with van der Waals surface area (Å²) in [7, 11) is 3.00. The van der Waals surface area contributed by atoms with E-state index in [0.29, 0.717) is 18.0 Å². The van der Waals surface area contributed by atoms with Crippen molar-refractivity contribution in [2.45, 2.75) is 44.9 Å². The lowest BCUT2D eigenvalue weighted by atomic mass is 10.00. The number of nitrogens with one attached hydrogen (secondary N) is 1. The Morgan fingerprint density at radius 1 is 1.38 bits per heavy atom. The second-order valence-electron chi connectivity index (χ2n) is 6.30. The molecule has 1 aromatic heterocycles. The SMILES string of the molecule is CCCC[C@]1(OC)NC(=O)[C@@H](C)n2c1nc1c(c2=O)C=C(OC)C=CO1. The number of methoxy groups -OCH3 is 2. The molecule has 140 valence electrons. The van der Waals surface area contributed by atoms with E-state index in [4.69, 9.17) is 14.2 Å². The van der Waals surface area contributed by atoms with E-state index in [0.717, 1.165) is 12.8 Å².